The molecule has 0 heterocycles. The van der Waals surface area contributed by atoms with Crippen LogP contribution in [0.1, 0.15) is 63.2 Å². The van der Waals surface area contributed by atoms with E-state index in [1.165, 1.54) is 25.7 Å². The molecule has 0 aliphatic heterocycles. The largest absolute Gasteiger partial charge is 0.387 e. The molecule has 6 heteroatoms. The number of benzene rings is 1. The number of hydrogen-bond donors (Lipinski definition) is 3. The van der Waals surface area contributed by atoms with Gasteiger partial charge in [0, 0.05) is 32.8 Å². The summed E-state index contributed by atoms with van der Waals surface area (Å²) in [5, 5.41) is 17.1. The zero-order valence-corrected chi connectivity index (χ0v) is 20.0. The number of aliphatic hydroxyl groups is 1. The van der Waals surface area contributed by atoms with Crippen molar-refractivity contribution in [3.63, 3.8) is 0 Å². The van der Waals surface area contributed by atoms with E-state index in [4.69, 9.17) is 9.73 Å². The summed E-state index contributed by atoms with van der Waals surface area (Å²) in [7, 11) is 0. The highest BCUT2D eigenvalue weighted by Crippen LogP contribution is 2.41. The molecule has 0 radical (unpaired) electrons. The quantitative estimate of drug-likeness (QED) is 0.194. The number of aryl methyl sites for hydroxylation is 1. The molecule has 0 amide bonds. The SMILES string of the molecule is CCNC(=NCC1(CCOCC)CCCC1)NCC(O)c1cccc(C)c1.I. The molecule has 0 aromatic heterocycles. The topological polar surface area (TPSA) is 65.9 Å². The molecular formula is C22H38IN3O2. The summed E-state index contributed by atoms with van der Waals surface area (Å²) in [6, 6.07) is 8.01. The van der Waals surface area contributed by atoms with Gasteiger partial charge in [-0.3, -0.25) is 4.99 Å². The summed E-state index contributed by atoms with van der Waals surface area (Å²) in [6.45, 7) is 9.82. The van der Waals surface area contributed by atoms with Crippen LogP contribution in [0.2, 0.25) is 0 Å². The molecular weight excluding hydrogens is 465 g/mol. The van der Waals surface area contributed by atoms with Crippen molar-refractivity contribution in [3.05, 3.63) is 35.4 Å². The summed E-state index contributed by atoms with van der Waals surface area (Å²) >= 11 is 0. The molecule has 1 saturated carbocycles. The maximum atomic E-state index is 10.5. The summed E-state index contributed by atoms with van der Waals surface area (Å²) in [5.74, 6) is 0.784. The Balaban J connectivity index is 0.00000392. The minimum absolute atomic E-state index is 0. The lowest BCUT2D eigenvalue weighted by atomic mass is 9.83. The number of halogens is 1. The number of aliphatic imine (C=N–C) groups is 1. The highest BCUT2D eigenvalue weighted by molar-refractivity contribution is 14.0. The maximum absolute atomic E-state index is 10.5. The third-order valence-electron chi connectivity index (χ3n) is 5.45. The second-order valence-electron chi connectivity index (χ2n) is 7.66. The fourth-order valence-corrected chi connectivity index (χ4v) is 3.82. The van der Waals surface area contributed by atoms with Crippen LogP contribution in [0.3, 0.4) is 0 Å². The van der Waals surface area contributed by atoms with Crippen molar-refractivity contribution < 1.29 is 9.84 Å². The van der Waals surface area contributed by atoms with Crippen molar-refractivity contribution in [2.45, 2.75) is 59.0 Å². The second kappa shape index (κ2) is 13.4. The first-order valence-electron chi connectivity index (χ1n) is 10.4. The molecule has 0 spiro atoms. The van der Waals surface area contributed by atoms with E-state index in [9.17, 15) is 5.11 Å². The van der Waals surface area contributed by atoms with Crippen LogP contribution in [0.4, 0.5) is 0 Å². The Morgan fingerprint density at radius 2 is 2.00 bits per heavy atom. The number of rotatable bonds is 10. The minimum atomic E-state index is -0.549. The van der Waals surface area contributed by atoms with Gasteiger partial charge in [0.05, 0.1) is 6.10 Å². The van der Waals surface area contributed by atoms with Gasteiger partial charge in [0.1, 0.15) is 0 Å². The molecule has 28 heavy (non-hydrogen) atoms. The van der Waals surface area contributed by atoms with Crippen LogP contribution in [0.25, 0.3) is 0 Å². The van der Waals surface area contributed by atoms with Crippen molar-refractivity contribution >= 4 is 29.9 Å². The molecule has 1 unspecified atom stereocenters. The summed E-state index contributed by atoms with van der Waals surface area (Å²) < 4.78 is 5.60. The van der Waals surface area contributed by atoms with Crippen molar-refractivity contribution in [3.8, 4) is 0 Å². The molecule has 1 aromatic rings. The molecule has 3 N–H and O–H groups in total. The van der Waals surface area contributed by atoms with Gasteiger partial charge in [-0.05, 0) is 51.0 Å². The minimum Gasteiger partial charge on any atom is -0.387 e. The molecule has 1 atom stereocenters. The van der Waals surface area contributed by atoms with Crippen LogP contribution in [-0.2, 0) is 4.74 Å². The molecule has 1 aliphatic carbocycles. The number of nitrogens with zero attached hydrogens (tertiary/aromatic N) is 1. The van der Waals surface area contributed by atoms with Crippen LogP contribution in [-0.4, -0.2) is 43.9 Å². The van der Waals surface area contributed by atoms with Gasteiger partial charge in [0.25, 0.3) is 0 Å². The molecule has 0 bridgehead atoms. The Kier molecular flexibility index (Phi) is 12.0. The van der Waals surface area contributed by atoms with Gasteiger partial charge in [-0.25, -0.2) is 0 Å². The standard InChI is InChI=1S/C22H37N3O2.HI/c1-4-23-21(24-16-20(26)19-10-8-9-18(3)15-19)25-17-22(11-6-7-12-22)13-14-27-5-2;/h8-10,15,20,26H,4-7,11-14,16-17H2,1-3H3,(H2,23,24,25);1H. The third-order valence-corrected chi connectivity index (χ3v) is 5.45. The fourth-order valence-electron chi connectivity index (χ4n) is 3.82. The van der Waals surface area contributed by atoms with Gasteiger partial charge in [-0.1, -0.05) is 42.7 Å². The predicted molar refractivity (Wildman–Crippen MR) is 128 cm³/mol. The average molecular weight is 503 g/mol. The zero-order valence-electron chi connectivity index (χ0n) is 17.7. The van der Waals surface area contributed by atoms with Crippen molar-refractivity contribution in [2.24, 2.45) is 10.4 Å². The number of ether oxygens (including phenoxy) is 1. The van der Waals surface area contributed by atoms with Gasteiger partial charge in [0.2, 0.25) is 0 Å². The molecule has 160 valence electrons. The second-order valence-corrected chi connectivity index (χ2v) is 7.66. The van der Waals surface area contributed by atoms with E-state index in [2.05, 4.69) is 17.6 Å². The van der Waals surface area contributed by atoms with E-state index in [0.29, 0.717) is 6.54 Å². The van der Waals surface area contributed by atoms with E-state index in [1.807, 2.05) is 38.1 Å². The van der Waals surface area contributed by atoms with Gasteiger partial charge in [-0.2, -0.15) is 0 Å². The molecule has 1 aliphatic rings. The fraction of sp³-hybridized carbons (Fsp3) is 0.682. The van der Waals surface area contributed by atoms with Crippen molar-refractivity contribution in [1.29, 1.82) is 0 Å². The van der Waals surface area contributed by atoms with E-state index < -0.39 is 6.10 Å². The highest BCUT2D eigenvalue weighted by atomic mass is 127. The first kappa shape index (κ1) is 25.2. The normalized spacial score (nSPS) is 17.1. The van der Waals surface area contributed by atoms with Gasteiger partial charge >= 0.3 is 0 Å². The Morgan fingerprint density at radius 1 is 1.25 bits per heavy atom. The number of nitrogens with one attached hydrogen (secondary N) is 2. The molecule has 1 aromatic carbocycles. The number of aliphatic hydroxyl groups excluding tert-OH is 1. The summed E-state index contributed by atoms with van der Waals surface area (Å²) in [5.41, 5.74) is 2.36. The molecule has 1 fully saturated rings. The molecule has 0 saturated heterocycles. The van der Waals surface area contributed by atoms with E-state index >= 15 is 0 Å². The average Bonchev–Trinajstić information content (AvgIpc) is 3.13. The first-order chi connectivity index (χ1) is 13.1. The Morgan fingerprint density at radius 3 is 2.64 bits per heavy atom. The lowest BCUT2D eigenvalue weighted by Gasteiger charge is -2.27. The highest BCUT2D eigenvalue weighted by Gasteiger charge is 2.33. The predicted octanol–water partition coefficient (Wildman–Crippen LogP) is 4.19. The monoisotopic (exact) mass is 503 g/mol. The van der Waals surface area contributed by atoms with Crippen molar-refractivity contribution in [2.75, 3.05) is 32.8 Å². The first-order valence-corrected chi connectivity index (χ1v) is 10.4. The third kappa shape index (κ3) is 8.25. The van der Waals surface area contributed by atoms with Crippen LogP contribution in [0, 0.1) is 12.3 Å². The number of hydrogen-bond acceptors (Lipinski definition) is 3. The van der Waals surface area contributed by atoms with E-state index in [0.717, 1.165) is 49.8 Å². The van der Waals surface area contributed by atoms with Gasteiger partial charge in [0.15, 0.2) is 5.96 Å². The van der Waals surface area contributed by atoms with Gasteiger partial charge < -0.3 is 20.5 Å². The Hall–Kier alpha value is -0.860. The van der Waals surface area contributed by atoms with E-state index in [-0.39, 0.29) is 29.4 Å². The summed E-state index contributed by atoms with van der Waals surface area (Å²) in [6.07, 6.45) is 5.57. The van der Waals surface area contributed by atoms with Crippen LogP contribution >= 0.6 is 24.0 Å². The van der Waals surface area contributed by atoms with E-state index in [1.54, 1.807) is 0 Å². The van der Waals surface area contributed by atoms with Crippen LogP contribution < -0.4 is 10.6 Å². The molecule has 2 rings (SSSR count). The van der Waals surface area contributed by atoms with Crippen LogP contribution in [0.15, 0.2) is 29.3 Å². The van der Waals surface area contributed by atoms with Crippen LogP contribution in [0.5, 0.6) is 0 Å². The lowest BCUT2D eigenvalue weighted by Crippen LogP contribution is -2.40. The van der Waals surface area contributed by atoms with Gasteiger partial charge in [-0.15, -0.1) is 24.0 Å². The Labute approximate surface area is 187 Å². The lowest BCUT2D eigenvalue weighted by molar-refractivity contribution is 0.107. The molecule has 5 nitrogen and oxygen atoms in total. The van der Waals surface area contributed by atoms with Crippen molar-refractivity contribution in [1.82, 2.24) is 10.6 Å². The Bertz CT molecular complexity index is 589. The zero-order chi connectivity index (χ0) is 19.5. The smallest absolute Gasteiger partial charge is 0.191 e. The summed E-state index contributed by atoms with van der Waals surface area (Å²) in [4.78, 5) is 4.86. The maximum Gasteiger partial charge on any atom is 0.191 e. The number of guanidine groups is 1.